The van der Waals surface area contributed by atoms with Crippen LogP contribution in [0.1, 0.15) is 38.6 Å². The lowest BCUT2D eigenvalue weighted by Crippen LogP contribution is -2.58. The summed E-state index contributed by atoms with van der Waals surface area (Å²) in [6, 6.07) is 2.11. The molecule has 0 spiro atoms. The van der Waals surface area contributed by atoms with Crippen molar-refractivity contribution in [3.63, 3.8) is 0 Å². The number of rotatable bonds is 6. The maximum absolute atomic E-state index is 10.9. The van der Waals surface area contributed by atoms with Crippen LogP contribution >= 0.6 is 0 Å². The molecule has 0 bridgehead atoms. The van der Waals surface area contributed by atoms with E-state index in [4.69, 9.17) is 4.74 Å². The van der Waals surface area contributed by atoms with Gasteiger partial charge in [0.1, 0.15) is 0 Å². The van der Waals surface area contributed by atoms with Crippen LogP contribution in [-0.4, -0.2) is 57.7 Å². The molecular weight excluding hydrogens is 266 g/mol. The molecule has 0 radical (unpaired) electrons. The topological polar surface area (TPSA) is 50.5 Å². The molecule has 1 N–H and O–H groups in total. The molecule has 1 aromatic heterocycles. The number of aliphatic hydroxyl groups excluding tert-OH is 1. The zero-order valence-corrected chi connectivity index (χ0v) is 13.8. The Labute approximate surface area is 127 Å². The predicted octanol–water partition coefficient (Wildman–Crippen LogP) is 1.39. The van der Waals surface area contributed by atoms with Crippen LogP contribution in [0.15, 0.2) is 6.07 Å². The molecule has 0 amide bonds. The third-order valence-electron chi connectivity index (χ3n) is 4.96. The summed E-state index contributed by atoms with van der Waals surface area (Å²) in [7, 11) is 1.96. The molecule has 2 atom stereocenters. The molecule has 1 saturated heterocycles. The first kappa shape index (κ1) is 16.5. The Morgan fingerprint density at radius 2 is 2.05 bits per heavy atom. The number of nitrogens with zero attached hydrogens (tertiary/aromatic N) is 3. The van der Waals surface area contributed by atoms with Gasteiger partial charge in [-0.05, 0) is 25.8 Å². The fourth-order valence-corrected chi connectivity index (χ4v) is 3.10. The van der Waals surface area contributed by atoms with Crippen LogP contribution in [0.3, 0.4) is 0 Å². The number of hydrogen-bond donors (Lipinski definition) is 1. The molecule has 1 aliphatic heterocycles. The van der Waals surface area contributed by atoms with Gasteiger partial charge in [0.25, 0.3) is 0 Å². The Balaban J connectivity index is 2.11. The van der Waals surface area contributed by atoms with E-state index in [1.807, 2.05) is 11.7 Å². The molecule has 1 aliphatic rings. The Kier molecular flexibility index (Phi) is 5.41. The molecule has 0 aromatic carbocycles. The minimum atomic E-state index is -0.402. The minimum Gasteiger partial charge on any atom is -0.391 e. The number of aromatic nitrogens is 2. The van der Waals surface area contributed by atoms with Gasteiger partial charge in [0.05, 0.1) is 25.0 Å². The third kappa shape index (κ3) is 3.47. The van der Waals surface area contributed by atoms with Crippen LogP contribution in [0.2, 0.25) is 0 Å². The highest BCUT2D eigenvalue weighted by Crippen LogP contribution is 2.27. The average Bonchev–Trinajstić information content (AvgIpc) is 2.87. The normalized spacial score (nSPS) is 21.2. The summed E-state index contributed by atoms with van der Waals surface area (Å²) in [5.41, 5.74) is 1.98. The van der Waals surface area contributed by atoms with Crippen molar-refractivity contribution in [2.45, 2.75) is 51.7 Å². The Bertz CT molecular complexity index is 454. The van der Waals surface area contributed by atoms with Crippen LogP contribution in [-0.2, 0) is 24.6 Å². The lowest BCUT2D eigenvalue weighted by molar-refractivity contribution is -0.0718. The molecule has 0 saturated carbocycles. The van der Waals surface area contributed by atoms with Gasteiger partial charge in [0, 0.05) is 37.8 Å². The van der Waals surface area contributed by atoms with Crippen LogP contribution < -0.4 is 0 Å². The fourth-order valence-electron chi connectivity index (χ4n) is 3.10. The van der Waals surface area contributed by atoms with E-state index in [0.29, 0.717) is 6.42 Å². The summed E-state index contributed by atoms with van der Waals surface area (Å²) >= 11 is 0. The lowest BCUT2D eigenvalue weighted by Gasteiger charge is -2.45. The van der Waals surface area contributed by atoms with Gasteiger partial charge in [-0.2, -0.15) is 5.10 Å². The third-order valence-corrected chi connectivity index (χ3v) is 4.96. The van der Waals surface area contributed by atoms with Gasteiger partial charge >= 0.3 is 0 Å². The van der Waals surface area contributed by atoms with E-state index in [-0.39, 0.29) is 5.54 Å². The van der Waals surface area contributed by atoms with Gasteiger partial charge in [-0.15, -0.1) is 0 Å². The van der Waals surface area contributed by atoms with Gasteiger partial charge in [-0.3, -0.25) is 9.58 Å². The largest absolute Gasteiger partial charge is 0.391 e. The van der Waals surface area contributed by atoms with E-state index in [1.165, 1.54) is 0 Å². The molecule has 5 heteroatoms. The van der Waals surface area contributed by atoms with Crippen molar-refractivity contribution >= 4 is 0 Å². The van der Waals surface area contributed by atoms with Crippen molar-refractivity contribution in [3.8, 4) is 0 Å². The number of morpholine rings is 1. The quantitative estimate of drug-likeness (QED) is 0.861. The molecule has 1 aromatic rings. The molecule has 0 aliphatic carbocycles. The van der Waals surface area contributed by atoms with Gasteiger partial charge < -0.3 is 9.84 Å². The van der Waals surface area contributed by atoms with Crippen LogP contribution in [0.5, 0.6) is 0 Å². The fraction of sp³-hybridized carbons (Fsp3) is 0.812. The van der Waals surface area contributed by atoms with E-state index in [9.17, 15) is 5.11 Å². The monoisotopic (exact) mass is 295 g/mol. The van der Waals surface area contributed by atoms with E-state index in [2.05, 4.69) is 36.8 Å². The zero-order valence-electron chi connectivity index (χ0n) is 13.8. The predicted molar refractivity (Wildman–Crippen MR) is 83.4 cm³/mol. The highest BCUT2D eigenvalue weighted by molar-refractivity contribution is 5.12. The van der Waals surface area contributed by atoms with Crippen LogP contribution in [0, 0.1) is 0 Å². The SMILES string of the molecule is CCc1cc(CC(O)C(C)(CC)N2CCOCC2)n(C)n1. The van der Waals surface area contributed by atoms with Crippen molar-refractivity contribution in [2.75, 3.05) is 26.3 Å². The molecule has 2 rings (SSSR count). The second kappa shape index (κ2) is 6.90. The molecule has 1 fully saturated rings. The standard InChI is InChI=1S/C16H29N3O2/c1-5-13-11-14(18(4)17-13)12-15(20)16(3,6-2)19-7-9-21-10-8-19/h11,15,20H,5-10,12H2,1-4H3. The second-order valence-electron chi connectivity index (χ2n) is 6.13. The summed E-state index contributed by atoms with van der Waals surface area (Å²) < 4.78 is 7.34. The highest BCUT2D eigenvalue weighted by Gasteiger charge is 2.38. The number of aryl methyl sites for hydroxylation is 2. The van der Waals surface area contributed by atoms with Crippen molar-refractivity contribution < 1.29 is 9.84 Å². The van der Waals surface area contributed by atoms with E-state index in [1.54, 1.807) is 0 Å². The Morgan fingerprint density at radius 3 is 2.57 bits per heavy atom. The van der Waals surface area contributed by atoms with Gasteiger partial charge in [0.15, 0.2) is 0 Å². The summed E-state index contributed by atoms with van der Waals surface area (Å²) in [4.78, 5) is 2.37. The minimum absolute atomic E-state index is 0.208. The lowest BCUT2D eigenvalue weighted by atomic mass is 9.86. The zero-order chi connectivity index (χ0) is 15.5. The Morgan fingerprint density at radius 1 is 1.38 bits per heavy atom. The first-order valence-electron chi connectivity index (χ1n) is 8.04. The molecule has 21 heavy (non-hydrogen) atoms. The summed E-state index contributed by atoms with van der Waals surface area (Å²) in [6.45, 7) is 9.73. The van der Waals surface area contributed by atoms with Crippen molar-refractivity contribution in [3.05, 3.63) is 17.5 Å². The first-order chi connectivity index (χ1) is 10.0. The molecule has 120 valence electrons. The average molecular weight is 295 g/mol. The summed E-state index contributed by atoms with van der Waals surface area (Å²) in [6.07, 6.45) is 2.09. The van der Waals surface area contributed by atoms with Crippen molar-refractivity contribution in [2.24, 2.45) is 7.05 Å². The van der Waals surface area contributed by atoms with Gasteiger partial charge in [-0.25, -0.2) is 0 Å². The molecule has 2 unspecified atom stereocenters. The van der Waals surface area contributed by atoms with Crippen LogP contribution in [0.25, 0.3) is 0 Å². The summed E-state index contributed by atoms with van der Waals surface area (Å²) in [5, 5.41) is 15.3. The van der Waals surface area contributed by atoms with Gasteiger partial charge in [-0.1, -0.05) is 13.8 Å². The first-order valence-corrected chi connectivity index (χ1v) is 8.04. The number of hydrogen-bond acceptors (Lipinski definition) is 4. The van der Waals surface area contributed by atoms with Gasteiger partial charge in [0.2, 0.25) is 0 Å². The van der Waals surface area contributed by atoms with E-state index in [0.717, 1.165) is 50.5 Å². The number of ether oxygens (including phenoxy) is 1. The molecule has 2 heterocycles. The van der Waals surface area contributed by atoms with Crippen molar-refractivity contribution in [1.82, 2.24) is 14.7 Å². The highest BCUT2D eigenvalue weighted by atomic mass is 16.5. The van der Waals surface area contributed by atoms with Crippen LogP contribution in [0.4, 0.5) is 0 Å². The molecule has 5 nitrogen and oxygen atoms in total. The second-order valence-corrected chi connectivity index (χ2v) is 6.13. The van der Waals surface area contributed by atoms with E-state index >= 15 is 0 Å². The molecular formula is C16H29N3O2. The van der Waals surface area contributed by atoms with Crippen molar-refractivity contribution in [1.29, 1.82) is 0 Å². The maximum atomic E-state index is 10.9. The van der Waals surface area contributed by atoms with E-state index < -0.39 is 6.10 Å². The smallest absolute Gasteiger partial charge is 0.0776 e. The number of aliphatic hydroxyl groups is 1. The maximum Gasteiger partial charge on any atom is 0.0776 e. The Hall–Kier alpha value is -0.910. The summed E-state index contributed by atoms with van der Waals surface area (Å²) in [5.74, 6) is 0.